The fourth-order valence-corrected chi connectivity index (χ4v) is 4.92. The van der Waals surface area contributed by atoms with Crippen LogP contribution in [-0.2, 0) is 16.6 Å². The van der Waals surface area contributed by atoms with Crippen LogP contribution in [0.25, 0.3) is 10.2 Å². The van der Waals surface area contributed by atoms with Gasteiger partial charge in [-0.15, -0.1) is 22.7 Å². The highest BCUT2D eigenvalue weighted by atomic mass is 32.2. The summed E-state index contributed by atoms with van der Waals surface area (Å²) in [5.74, 6) is -0.529. The van der Waals surface area contributed by atoms with Gasteiger partial charge in [-0.3, -0.25) is 14.2 Å². The minimum absolute atomic E-state index is 0.100. The Balaban J connectivity index is 1.67. The van der Waals surface area contributed by atoms with Crippen LogP contribution in [0.5, 0.6) is 0 Å². The Bertz CT molecular complexity index is 1070. The number of ether oxygens (including phenoxy) is 1. The smallest absolute Gasteiger partial charge is 0.348 e. The van der Waals surface area contributed by atoms with Gasteiger partial charge >= 0.3 is 5.97 Å². The average molecular weight is 424 g/mol. The first-order chi connectivity index (χ1) is 12.9. The van der Waals surface area contributed by atoms with Gasteiger partial charge in [-0.1, -0.05) is 11.8 Å². The maximum absolute atomic E-state index is 12.3. The monoisotopic (exact) mass is 423 g/mol. The normalized spacial score (nSPS) is 10.9. The summed E-state index contributed by atoms with van der Waals surface area (Å²) in [6.45, 7) is 3.84. The summed E-state index contributed by atoms with van der Waals surface area (Å²) >= 11 is 3.76. The Labute approximate surface area is 167 Å². The Morgan fingerprint density at radius 1 is 1.41 bits per heavy atom. The summed E-state index contributed by atoms with van der Waals surface area (Å²) in [6.07, 6.45) is 0. The van der Waals surface area contributed by atoms with Crippen LogP contribution < -0.4 is 10.9 Å². The third-order valence-electron chi connectivity index (χ3n) is 3.64. The van der Waals surface area contributed by atoms with Crippen LogP contribution in [0.4, 0.5) is 5.00 Å². The van der Waals surface area contributed by atoms with E-state index in [1.807, 2.05) is 5.38 Å². The van der Waals surface area contributed by atoms with E-state index in [2.05, 4.69) is 10.3 Å². The van der Waals surface area contributed by atoms with Crippen molar-refractivity contribution in [1.82, 2.24) is 9.55 Å². The molecule has 3 aromatic heterocycles. The zero-order valence-electron chi connectivity index (χ0n) is 14.9. The number of hydrogen-bond acceptors (Lipinski definition) is 8. The molecule has 10 heteroatoms. The zero-order chi connectivity index (χ0) is 19.6. The van der Waals surface area contributed by atoms with Crippen LogP contribution in [0.3, 0.4) is 0 Å². The first kappa shape index (κ1) is 19.6. The number of aromatic nitrogens is 2. The van der Waals surface area contributed by atoms with Crippen molar-refractivity contribution in [1.29, 1.82) is 0 Å². The van der Waals surface area contributed by atoms with Gasteiger partial charge in [-0.2, -0.15) is 0 Å². The van der Waals surface area contributed by atoms with E-state index in [4.69, 9.17) is 4.74 Å². The molecule has 0 radical (unpaired) electrons. The molecule has 0 fully saturated rings. The number of amides is 1. The maximum Gasteiger partial charge on any atom is 0.348 e. The molecular formula is C17H17N3O4S3. The maximum atomic E-state index is 12.3. The predicted molar refractivity (Wildman–Crippen MR) is 109 cm³/mol. The predicted octanol–water partition coefficient (Wildman–Crippen LogP) is 3.27. The number of esters is 1. The molecule has 142 valence electrons. The van der Waals surface area contributed by atoms with Crippen molar-refractivity contribution in [2.45, 2.75) is 19.0 Å². The second kappa shape index (κ2) is 8.24. The molecule has 3 rings (SSSR count). The fourth-order valence-electron chi connectivity index (χ4n) is 2.36. The van der Waals surface area contributed by atoms with Gasteiger partial charge in [-0.25, -0.2) is 9.78 Å². The molecule has 0 bridgehead atoms. The molecule has 0 aliphatic heterocycles. The van der Waals surface area contributed by atoms with E-state index in [0.717, 1.165) is 5.56 Å². The van der Waals surface area contributed by atoms with Gasteiger partial charge in [0.2, 0.25) is 5.91 Å². The molecule has 0 aliphatic carbocycles. The van der Waals surface area contributed by atoms with E-state index in [9.17, 15) is 14.4 Å². The molecule has 1 amide bonds. The van der Waals surface area contributed by atoms with Crippen LogP contribution in [0, 0.1) is 6.92 Å². The highest BCUT2D eigenvalue weighted by Gasteiger charge is 2.17. The number of thiophene rings is 2. The lowest BCUT2D eigenvalue weighted by atomic mass is 10.3. The molecule has 0 aromatic carbocycles. The quantitative estimate of drug-likeness (QED) is 0.372. The van der Waals surface area contributed by atoms with Crippen LogP contribution in [0.15, 0.2) is 27.5 Å². The summed E-state index contributed by atoms with van der Waals surface area (Å²) in [7, 11) is 1.64. The minimum atomic E-state index is -0.390. The highest BCUT2D eigenvalue weighted by molar-refractivity contribution is 7.99. The molecule has 1 N–H and O–H groups in total. The van der Waals surface area contributed by atoms with Crippen molar-refractivity contribution in [3.05, 3.63) is 38.3 Å². The van der Waals surface area contributed by atoms with Crippen LogP contribution in [0.1, 0.15) is 22.2 Å². The van der Waals surface area contributed by atoms with Crippen LogP contribution >= 0.6 is 34.4 Å². The van der Waals surface area contributed by atoms with E-state index >= 15 is 0 Å². The van der Waals surface area contributed by atoms with Crippen molar-refractivity contribution >= 4 is 61.5 Å². The number of carbonyl (C=O) groups excluding carboxylic acids is 2. The summed E-state index contributed by atoms with van der Waals surface area (Å²) in [4.78, 5) is 42.0. The first-order valence-corrected chi connectivity index (χ1v) is 10.7. The standard InChI is InChI=1S/C17H17N3O4S3/c1-4-24-16(23)13-9(2)7-12(27-13)18-11(21)8-26-17-19-14-10(5-6-25-14)15(22)20(17)3/h5-7H,4,8H2,1-3H3,(H,18,21). The Kier molecular flexibility index (Phi) is 5.98. The summed E-state index contributed by atoms with van der Waals surface area (Å²) in [5.41, 5.74) is 0.630. The van der Waals surface area contributed by atoms with Crippen molar-refractivity contribution in [2.24, 2.45) is 7.05 Å². The van der Waals surface area contributed by atoms with Crippen molar-refractivity contribution in [3.63, 3.8) is 0 Å². The van der Waals surface area contributed by atoms with Gasteiger partial charge in [0.1, 0.15) is 9.71 Å². The first-order valence-electron chi connectivity index (χ1n) is 8.05. The Morgan fingerprint density at radius 3 is 2.93 bits per heavy atom. The highest BCUT2D eigenvalue weighted by Crippen LogP contribution is 2.28. The molecule has 3 heterocycles. The number of aryl methyl sites for hydroxylation is 1. The second-order valence-electron chi connectivity index (χ2n) is 5.58. The lowest BCUT2D eigenvalue weighted by molar-refractivity contribution is -0.113. The van der Waals surface area contributed by atoms with Gasteiger partial charge in [0.15, 0.2) is 5.16 Å². The van der Waals surface area contributed by atoms with Gasteiger partial charge in [0.05, 0.1) is 22.7 Å². The van der Waals surface area contributed by atoms with Gasteiger partial charge in [0.25, 0.3) is 5.56 Å². The molecule has 0 saturated carbocycles. The van der Waals surface area contributed by atoms with Crippen molar-refractivity contribution in [3.8, 4) is 0 Å². The third kappa shape index (κ3) is 4.23. The largest absolute Gasteiger partial charge is 0.462 e. The Hall–Kier alpha value is -2.17. The SMILES string of the molecule is CCOC(=O)c1sc(NC(=O)CSc2nc3sccc3c(=O)n2C)cc1C. The third-order valence-corrected chi connectivity index (χ3v) is 6.61. The van der Waals surface area contributed by atoms with Crippen molar-refractivity contribution < 1.29 is 14.3 Å². The molecule has 7 nitrogen and oxygen atoms in total. The number of nitrogens with zero attached hydrogens (tertiary/aromatic N) is 2. The summed E-state index contributed by atoms with van der Waals surface area (Å²) in [6, 6.07) is 3.49. The number of fused-ring (bicyclic) bond motifs is 1. The van der Waals surface area contributed by atoms with Gasteiger partial charge in [0, 0.05) is 7.05 Å². The number of carbonyl (C=O) groups is 2. The molecule has 3 aromatic rings. The fraction of sp³-hybridized carbons (Fsp3) is 0.294. The Morgan fingerprint density at radius 2 is 2.19 bits per heavy atom. The molecular weight excluding hydrogens is 406 g/mol. The zero-order valence-corrected chi connectivity index (χ0v) is 17.3. The molecule has 0 aliphatic rings. The second-order valence-corrected chi connectivity index (χ2v) is 8.47. The lowest BCUT2D eigenvalue weighted by Gasteiger charge is -2.07. The molecule has 0 unspecified atom stereocenters. The number of thioether (sulfide) groups is 1. The van der Waals surface area contributed by atoms with E-state index in [0.29, 0.717) is 31.9 Å². The van der Waals surface area contributed by atoms with Gasteiger partial charge in [-0.05, 0) is 36.9 Å². The molecule has 0 spiro atoms. The van der Waals surface area contributed by atoms with E-state index in [-0.39, 0.29) is 17.2 Å². The summed E-state index contributed by atoms with van der Waals surface area (Å²) in [5, 5.41) is 6.24. The number of rotatable bonds is 6. The number of hydrogen-bond donors (Lipinski definition) is 1. The van der Waals surface area contributed by atoms with Crippen molar-refractivity contribution in [2.75, 3.05) is 17.7 Å². The number of anilines is 1. The molecule has 0 saturated heterocycles. The topological polar surface area (TPSA) is 90.3 Å². The molecule has 0 atom stereocenters. The van der Waals surface area contributed by atoms with E-state index in [1.165, 1.54) is 39.0 Å². The van der Waals surface area contributed by atoms with Crippen LogP contribution in [0.2, 0.25) is 0 Å². The van der Waals surface area contributed by atoms with E-state index < -0.39 is 5.97 Å². The lowest BCUT2D eigenvalue weighted by Crippen LogP contribution is -2.20. The average Bonchev–Trinajstić information content (AvgIpc) is 3.23. The molecule has 27 heavy (non-hydrogen) atoms. The number of nitrogens with one attached hydrogen (secondary N) is 1. The van der Waals surface area contributed by atoms with Crippen LogP contribution in [-0.4, -0.2) is 33.8 Å². The minimum Gasteiger partial charge on any atom is -0.462 e. The van der Waals surface area contributed by atoms with Gasteiger partial charge < -0.3 is 10.1 Å². The van der Waals surface area contributed by atoms with E-state index in [1.54, 1.807) is 33.0 Å². The summed E-state index contributed by atoms with van der Waals surface area (Å²) < 4.78 is 6.45.